The van der Waals surface area contributed by atoms with Gasteiger partial charge in [-0.05, 0) is 52.2 Å². The number of aryl methyl sites for hydroxylation is 1. The van der Waals surface area contributed by atoms with Crippen LogP contribution in [-0.2, 0) is 6.42 Å². The Morgan fingerprint density at radius 3 is 2.67 bits per heavy atom. The molecule has 0 fully saturated rings. The third-order valence-corrected chi connectivity index (χ3v) is 3.57. The van der Waals surface area contributed by atoms with Crippen LogP contribution in [0.4, 0.5) is 5.69 Å². The summed E-state index contributed by atoms with van der Waals surface area (Å²) < 4.78 is 6.15. The van der Waals surface area contributed by atoms with Gasteiger partial charge in [-0.15, -0.1) is 0 Å². The minimum absolute atomic E-state index is 0.0742. The van der Waals surface area contributed by atoms with E-state index in [1.807, 2.05) is 13.0 Å². The lowest BCUT2D eigenvalue weighted by molar-refractivity contribution is -0.385. The smallest absolute Gasteiger partial charge is 0.311 e. The highest BCUT2D eigenvalue weighted by atomic mass is 79.9. The van der Waals surface area contributed by atoms with Crippen molar-refractivity contribution in [2.24, 2.45) is 0 Å². The molecular formula is C15H11BrN2O3. The molecule has 0 bridgehead atoms. The monoisotopic (exact) mass is 346 g/mol. The Balaban J connectivity index is 2.37. The van der Waals surface area contributed by atoms with Gasteiger partial charge in [0.05, 0.1) is 10.5 Å². The molecule has 6 heteroatoms. The van der Waals surface area contributed by atoms with Gasteiger partial charge in [0.15, 0.2) is 0 Å². The number of rotatable bonds is 4. The van der Waals surface area contributed by atoms with E-state index >= 15 is 0 Å². The molecule has 0 aliphatic carbocycles. The van der Waals surface area contributed by atoms with Crippen molar-refractivity contribution in [2.45, 2.75) is 13.3 Å². The number of nitro groups is 1. The first-order valence-electron chi connectivity index (χ1n) is 6.20. The topological polar surface area (TPSA) is 76.2 Å². The zero-order valence-electron chi connectivity index (χ0n) is 11.2. The first-order valence-corrected chi connectivity index (χ1v) is 6.99. The molecule has 21 heavy (non-hydrogen) atoms. The summed E-state index contributed by atoms with van der Waals surface area (Å²) in [5.74, 6) is 0.599. The number of hydrogen-bond donors (Lipinski definition) is 0. The number of nitrogens with zero attached hydrogens (tertiary/aromatic N) is 2. The zero-order valence-corrected chi connectivity index (χ0v) is 12.8. The SMILES string of the molecule is CCc1ccc(Oc2ccc(C#N)c(Br)c2)c([N+](=O)[O-])c1. The number of nitro benzene ring substituents is 1. The second-order valence-corrected chi connectivity index (χ2v) is 5.12. The van der Waals surface area contributed by atoms with Crippen LogP contribution in [0.3, 0.4) is 0 Å². The third kappa shape index (κ3) is 3.38. The van der Waals surface area contributed by atoms with Crippen LogP contribution in [-0.4, -0.2) is 4.92 Å². The van der Waals surface area contributed by atoms with Crippen molar-refractivity contribution in [2.75, 3.05) is 0 Å². The Kier molecular flexibility index (Phi) is 4.55. The molecule has 0 radical (unpaired) electrons. The first-order chi connectivity index (χ1) is 10.0. The molecule has 0 N–H and O–H groups in total. The molecule has 0 saturated heterocycles. The molecule has 0 atom stereocenters. The normalized spacial score (nSPS) is 9.95. The minimum Gasteiger partial charge on any atom is -0.450 e. The van der Waals surface area contributed by atoms with Gasteiger partial charge < -0.3 is 4.74 Å². The van der Waals surface area contributed by atoms with Crippen LogP contribution in [0.25, 0.3) is 0 Å². The summed E-state index contributed by atoms with van der Waals surface area (Å²) in [5, 5.41) is 20.0. The quantitative estimate of drug-likeness (QED) is 0.599. The van der Waals surface area contributed by atoms with Crippen molar-refractivity contribution in [1.29, 1.82) is 5.26 Å². The van der Waals surface area contributed by atoms with Gasteiger partial charge in [-0.2, -0.15) is 5.26 Å². The lowest BCUT2D eigenvalue weighted by Gasteiger charge is -2.08. The zero-order chi connectivity index (χ0) is 15.4. The van der Waals surface area contributed by atoms with Crippen molar-refractivity contribution in [3.05, 3.63) is 62.1 Å². The Labute approximate surface area is 130 Å². The summed E-state index contributed by atoms with van der Waals surface area (Å²) in [7, 11) is 0. The van der Waals surface area contributed by atoms with Crippen LogP contribution in [0.2, 0.25) is 0 Å². The second-order valence-electron chi connectivity index (χ2n) is 4.27. The van der Waals surface area contributed by atoms with Crippen molar-refractivity contribution >= 4 is 21.6 Å². The van der Waals surface area contributed by atoms with Crippen LogP contribution in [0, 0.1) is 21.4 Å². The van der Waals surface area contributed by atoms with Gasteiger partial charge in [0, 0.05) is 10.5 Å². The maximum absolute atomic E-state index is 11.1. The van der Waals surface area contributed by atoms with Crippen LogP contribution >= 0.6 is 15.9 Å². The summed E-state index contributed by atoms with van der Waals surface area (Å²) in [4.78, 5) is 10.7. The maximum atomic E-state index is 11.1. The molecule has 2 aromatic rings. The summed E-state index contributed by atoms with van der Waals surface area (Å²) in [6.45, 7) is 1.93. The summed E-state index contributed by atoms with van der Waals surface area (Å²) in [6, 6.07) is 11.7. The van der Waals surface area contributed by atoms with E-state index in [2.05, 4.69) is 15.9 Å². The van der Waals surface area contributed by atoms with Gasteiger partial charge in [0.1, 0.15) is 11.8 Å². The van der Waals surface area contributed by atoms with Crippen molar-refractivity contribution < 1.29 is 9.66 Å². The highest BCUT2D eigenvalue weighted by molar-refractivity contribution is 9.10. The molecule has 106 valence electrons. The number of hydrogen-bond acceptors (Lipinski definition) is 4. The summed E-state index contributed by atoms with van der Waals surface area (Å²) in [6.07, 6.45) is 0.712. The van der Waals surface area contributed by atoms with E-state index in [1.165, 1.54) is 6.07 Å². The van der Waals surface area contributed by atoms with E-state index in [1.54, 1.807) is 30.3 Å². The molecule has 2 aromatic carbocycles. The molecule has 0 spiro atoms. The highest BCUT2D eigenvalue weighted by Gasteiger charge is 2.16. The Bertz CT molecular complexity index is 738. The number of halogens is 1. The molecule has 0 saturated carbocycles. The van der Waals surface area contributed by atoms with Gasteiger partial charge in [0.2, 0.25) is 5.75 Å². The standard InChI is InChI=1S/C15H11BrN2O3/c1-2-10-3-6-15(14(7-10)18(19)20)21-12-5-4-11(9-17)13(16)8-12/h3-8H,2H2,1H3. The van der Waals surface area contributed by atoms with Crippen LogP contribution < -0.4 is 4.74 Å². The molecule has 0 aliphatic heterocycles. The average molecular weight is 347 g/mol. The van der Waals surface area contributed by atoms with Gasteiger partial charge in [-0.25, -0.2) is 0 Å². The van der Waals surface area contributed by atoms with Gasteiger partial charge in [-0.1, -0.05) is 13.0 Å². The van der Waals surface area contributed by atoms with Crippen LogP contribution in [0.1, 0.15) is 18.1 Å². The lowest BCUT2D eigenvalue weighted by atomic mass is 10.1. The van der Waals surface area contributed by atoms with Crippen molar-refractivity contribution in [1.82, 2.24) is 0 Å². The predicted octanol–water partition coefficient (Wildman–Crippen LogP) is 4.58. The Morgan fingerprint density at radius 2 is 2.10 bits per heavy atom. The predicted molar refractivity (Wildman–Crippen MR) is 81.4 cm³/mol. The second kappa shape index (κ2) is 6.37. The van der Waals surface area contributed by atoms with E-state index in [4.69, 9.17) is 10.00 Å². The minimum atomic E-state index is -0.465. The van der Waals surface area contributed by atoms with Gasteiger partial charge >= 0.3 is 5.69 Å². The van der Waals surface area contributed by atoms with Crippen LogP contribution in [0.5, 0.6) is 11.5 Å². The third-order valence-electron chi connectivity index (χ3n) is 2.92. The fourth-order valence-corrected chi connectivity index (χ4v) is 2.24. The van der Waals surface area contributed by atoms with Crippen molar-refractivity contribution in [3.63, 3.8) is 0 Å². The molecule has 0 aromatic heterocycles. The molecule has 0 amide bonds. The maximum Gasteiger partial charge on any atom is 0.311 e. The van der Waals surface area contributed by atoms with E-state index in [0.717, 1.165) is 5.56 Å². The molecule has 2 rings (SSSR count). The summed E-state index contributed by atoms with van der Waals surface area (Å²) in [5.41, 5.74) is 1.27. The molecule has 5 nitrogen and oxygen atoms in total. The van der Waals surface area contributed by atoms with Crippen molar-refractivity contribution in [3.8, 4) is 17.6 Å². The van der Waals surface area contributed by atoms with E-state index in [0.29, 0.717) is 22.2 Å². The highest BCUT2D eigenvalue weighted by Crippen LogP contribution is 2.33. The average Bonchev–Trinajstić information content (AvgIpc) is 2.47. The molecule has 0 unspecified atom stereocenters. The molecule has 0 heterocycles. The fourth-order valence-electron chi connectivity index (χ4n) is 1.79. The Hall–Kier alpha value is -2.39. The van der Waals surface area contributed by atoms with Crippen LogP contribution in [0.15, 0.2) is 40.9 Å². The first kappa shape index (κ1) is 15.0. The molecule has 0 aliphatic rings. The van der Waals surface area contributed by atoms with E-state index in [9.17, 15) is 10.1 Å². The Morgan fingerprint density at radius 1 is 1.33 bits per heavy atom. The molecular weight excluding hydrogens is 336 g/mol. The number of ether oxygens (including phenoxy) is 1. The van der Waals surface area contributed by atoms with Gasteiger partial charge in [0.25, 0.3) is 0 Å². The lowest BCUT2D eigenvalue weighted by Crippen LogP contribution is -1.95. The largest absolute Gasteiger partial charge is 0.450 e. The number of benzene rings is 2. The van der Waals surface area contributed by atoms with Gasteiger partial charge in [-0.3, -0.25) is 10.1 Å². The summed E-state index contributed by atoms with van der Waals surface area (Å²) >= 11 is 3.25. The number of nitriles is 1. The van der Waals surface area contributed by atoms with E-state index < -0.39 is 4.92 Å². The fraction of sp³-hybridized carbons (Fsp3) is 0.133. The van der Waals surface area contributed by atoms with E-state index in [-0.39, 0.29) is 11.4 Å².